The van der Waals surface area contributed by atoms with Gasteiger partial charge in [0.15, 0.2) is 0 Å². The maximum atomic E-state index is 11.6. The number of carbonyl (C=O) groups excluding carboxylic acids is 1. The molecule has 5 heteroatoms. The van der Waals surface area contributed by atoms with Crippen LogP contribution in [0.4, 0.5) is 10.5 Å². The van der Waals surface area contributed by atoms with E-state index in [-0.39, 0.29) is 18.1 Å². The molecule has 2 amide bonds. The summed E-state index contributed by atoms with van der Waals surface area (Å²) >= 11 is 0. The van der Waals surface area contributed by atoms with E-state index in [0.29, 0.717) is 13.0 Å². The number of hydrogen-bond acceptors (Lipinski definition) is 3. The van der Waals surface area contributed by atoms with Gasteiger partial charge in [-0.25, -0.2) is 4.79 Å². The second kappa shape index (κ2) is 6.96. The molecule has 0 spiro atoms. The molecule has 0 radical (unpaired) electrons. The maximum absolute atomic E-state index is 11.6. The number of urea groups is 1. The Bertz CT molecular complexity index is 394. The van der Waals surface area contributed by atoms with Gasteiger partial charge in [0.25, 0.3) is 0 Å². The molecule has 0 bridgehead atoms. The van der Waals surface area contributed by atoms with Crippen molar-refractivity contribution < 1.29 is 9.90 Å². The first-order valence-electron chi connectivity index (χ1n) is 6.13. The average Bonchev–Trinajstić information content (AvgIpc) is 2.25. The van der Waals surface area contributed by atoms with Crippen LogP contribution in [0.3, 0.4) is 0 Å². The summed E-state index contributed by atoms with van der Waals surface area (Å²) in [4.78, 5) is 15.7. The van der Waals surface area contributed by atoms with Crippen LogP contribution in [-0.4, -0.2) is 28.8 Å². The lowest BCUT2D eigenvalue weighted by Crippen LogP contribution is -2.33. The summed E-state index contributed by atoms with van der Waals surface area (Å²) in [5.74, 6) is 0.245. The number of rotatable bonds is 5. The van der Waals surface area contributed by atoms with Crippen molar-refractivity contribution in [3.63, 3.8) is 0 Å². The molecule has 0 saturated carbocycles. The first-order valence-corrected chi connectivity index (χ1v) is 6.13. The van der Waals surface area contributed by atoms with Gasteiger partial charge in [-0.1, -0.05) is 6.92 Å². The molecule has 0 aliphatic rings. The smallest absolute Gasteiger partial charge is 0.319 e. The number of amides is 2. The van der Waals surface area contributed by atoms with Crippen molar-refractivity contribution in [3.8, 4) is 0 Å². The second-order valence-electron chi connectivity index (χ2n) is 4.71. The van der Waals surface area contributed by atoms with Gasteiger partial charge in [-0.15, -0.1) is 0 Å². The fraction of sp³-hybridized carbons (Fsp3) is 0.538. The van der Waals surface area contributed by atoms with Crippen molar-refractivity contribution in [2.75, 3.05) is 11.9 Å². The molecule has 1 aromatic heterocycles. The molecule has 5 nitrogen and oxygen atoms in total. The lowest BCUT2D eigenvalue weighted by atomic mass is 10.1. The molecule has 3 N–H and O–H groups in total. The predicted octanol–water partition coefficient (Wildman–Crippen LogP) is 1.92. The molecular weight excluding hydrogens is 230 g/mol. The Hall–Kier alpha value is -1.62. The van der Waals surface area contributed by atoms with E-state index < -0.39 is 0 Å². The number of hydrogen-bond donors (Lipinski definition) is 3. The first-order chi connectivity index (χ1) is 8.47. The normalized spacial score (nSPS) is 13.8. The number of aryl methyl sites for hydroxylation is 1. The molecule has 0 aliphatic heterocycles. The fourth-order valence-corrected chi connectivity index (χ4v) is 1.73. The second-order valence-corrected chi connectivity index (χ2v) is 4.71. The zero-order valence-corrected chi connectivity index (χ0v) is 11.1. The molecule has 0 saturated heterocycles. The molecule has 0 aliphatic carbocycles. The van der Waals surface area contributed by atoms with E-state index in [9.17, 15) is 9.90 Å². The minimum atomic E-state index is -0.340. The summed E-state index contributed by atoms with van der Waals surface area (Å²) in [7, 11) is 0. The Morgan fingerprint density at radius 3 is 2.83 bits per heavy atom. The van der Waals surface area contributed by atoms with Crippen molar-refractivity contribution in [1.29, 1.82) is 0 Å². The van der Waals surface area contributed by atoms with E-state index >= 15 is 0 Å². The predicted molar refractivity (Wildman–Crippen MR) is 71.5 cm³/mol. The Kier molecular flexibility index (Phi) is 5.58. The van der Waals surface area contributed by atoms with Gasteiger partial charge >= 0.3 is 6.03 Å². The zero-order chi connectivity index (χ0) is 13.5. The SMILES string of the molecule is Cc1cc(NC(=O)NCC(C)CC(C)O)ccn1. The third-order valence-electron chi connectivity index (χ3n) is 2.51. The molecule has 0 aromatic carbocycles. The molecule has 1 rings (SSSR count). The summed E-state index contributed by atoms with van der Waals surface area (Å²) in [5.41, 5.74) is 1.58. The van der Waals surface area contributed by atoms with E-state index in [1.165, 1.54) is 0 Å². The Morgan fingerprint density at radius 1 is 1.50 bits per heavy atom. The standard InChI is InChI=1S/C13H21N3O2/c1-9(6-11(3)17)8-15-13(18)16-12-4-5-14-10(2)7-12/h4-5,7,9,11,17H,6,8H2,1-3H3,(H2,14,15,16,18). The van der Waals surface area contributed by atoms with Crippen LogP contribution in [0.5, 0.6) is 0 Å². The Balaban J connectivity index is 2.34. The number of pyridine rings is 1. The third-order valence-corrected chi connectivity index (χ3v) is 2.51. The van der Waals surface area contributed by atoms with Gasteiger partial charge in [-0.3, -0.25) is 4.98 Å². The van der Waals surface area contributed by atoms with Crippen molar-refractivity contribution in [2.45, 2.75) is 33.3 Å². The lowest BCUT2D eigenvalue weighted by molar-refractivity contribution is 0.163. The fourth-order valence-electron chi connectivity index (χ4n) is 1.73. The van der Waals surface area contributed by atoms with Gasteiger partial charge in [0, 0.05) is 24.1 Å². The number of aliphatic hydroxyl groups is 1. The van der Waals surface area contributed by atoms with Crippen molar-refractivity contribution in [1.82, 2.24) is 10.3 Å². The highest BCUT2D eigenvalue weighted by Gasteiger charge is 2.08. The van der Waals surface area contributed by atoms with Gasteiger partial charge in [-0.05, 0) is 38.3 Å². The zero-order valence-electron chi connectivity index (χ0n) is 11.1. The minimum Gasteiger partial charge on any atom is -0.393 e. The summed E-state index contributed by atoms with van der Waals surface area (Å²) < 4.78 is 0. The molecule has 0 fully saturated rings. The van der Waals surface area contributed by atoms with E-state index in [0.717, 1.165) is 11.4 Å². The lowest BCUT2D eigenvalue weighted by Gasteiger charge is -2.14. The number of carbonyl (C=O) groups is 1. The van der Waals surface area contributed by atoms with Crippen molar-refractivity contribution in [2.24, 2.45) is 5.92 Å². The highest BCUT2D eigenvalue weighted by atomic mass is 16.3. The molecule has 2 atom stereocenters. The van der Waals surface area contributed by atoms with Crippen LogP contribution in [0.1, 0.15) is 26.0 Å². The van der Waals surface area contributed by atoms with Crippen molar-refractivity contribution in [3.05, 3.63) is 24.0 Å². The third kappa shape index (κ3) is 5.63. The summed E-state index contributed by atoms with van der Waals surface area (Å²) in [5, 5.41) is 14.7. The van der Waals surface area contributed by atoms with Gasteiger partial charge in [0.2, 0.25) is 0 Å². The van der Waals surface area contributed by atoms with E-state index in [1.54, 1.807) is 25.3 Å². The van der Waals surface area contributed by atoms with Crippen LogP contribution in [0, 0.1) is 12.8 Å². The number of anilines is 1. The highest BCUT2D eigenvalue weighted by molar-refractivity contribution is 5.89. The highest BCUT2D eigenvalue weighted by Crippen LogP contribution is 2.07. The van der Waals surface area contributed by atoms with Gasteiger partial charge in [-0.2, -0.15) is 0 Å². The van der Waals surface area contributed by atoms with Gasteiger partial charge < -0.3 is 15.7 Å². The molecule has 2 unspecified atom stereocenters. The first kappa shape index (κ1) is 14.4. The number of aromatic nitrogens is 1. The van der Waals surface area contributed by atoms with E-state index in [1.807, 2.05) is 13.8 Å². The molecule has 1 aromatic rings. The monoisotopic (exact) mass is 251 g/mol. The number of nitrogens with one attached hydrogen (secondary N) is 2. The Morgan fingerprint density at radius 2 is 2.22 bits per heavy atom. The average molecular weight is 251 g/mol. The summed E-state index contributed by atoms with van der Waals surface area (Å²) in [6.07, 6.45) is 1.99. The van der Waals surface area contributed by atoms with Crippen LogP contribution in [0.25, 0.3) is 0 Å². The largest absolute Gasteiger partial charge is 0.393 e. The molecule has 18 heavy (non-hydrogen) atoms. The van der Waals surface area contributed by atoms with Crippen LogP contribution >= 0.6 is 0 Å². The quantitative estimate of drug-likeness (QED) is 0.748. The topological polar surface area (TPSA) is 74.2 Å². The van der Waals surface area contributed by atoms with Gasteiger partial charge in [0.1, 0.15) is 0 Å². The summed E-state index contributed by atoms with van der Waals surface area (Å²) in [6, 6.07) is 3.31. The van der Waals surface area contributed by atoms with Crippen LogP contribution < -0.4 is 10.6 Å². The minimum absolute atomic E-state index is 0.238. The maximum Gasteiger partial charge on any atom is 0.319 e. The van der Waals surface area contributed by atoms with Gasteiger partial charge in [0.05, 0.1) is 6.10 Å². The number of aliphatic hydroxyl groups excluding tert-OH is 1. The van der Waals surface area contributed by atoms with E-state index in [2.05, 4.69) is 15.6 Å². The van der Waals surface area contributed by atoms with E-state index in [4.69, 9.17) is 0 Å². The molecule has 1 heterocycles. The Labute approximate surface area is 108 Å². The van der Waals surface area contributed by atoms with Crippen LogP contribution in [-0.2, 0) is 0 Å². The molecule has 100 valence electrons. The molecular formula is C13H21N3O2. The van der Waals surface area contributed by atoms with Crippen molar-refractivity contribution >= 4 is 11.7 Å². The van der Waals surface area contributed by atoms with Crippen LogP contribution in [0.2, 0.25) is 0 Å². The van der Waals surface area contributed by atoms with Crippen LogP contribution in [0.15, 0.2) is 18.3 Å². The number of nitrogens with zero attached hydrogens (tertiary/aromatic N) is 1. The summed E-state index contributed by atoms with van der Waals surface area (Å²) in [6.45, 7) is 6.15.